The Hall–Kier alpha value is -5.22. The van der Waals surface area contributed by atoms with Crippen LogP contribution < -0.4 is 29.6 Å². The van der Waals surface area contributed by atoms with Crippen LogP contribution in [0.4, 0.5) is 0 Å². The van der Waals surface area contributed by atoms with Crippen LogP contribution in [0.2, 0.25) is 0 Å². The molecular weight excluding hydrogens is 636 g/mol. The molecular formula is C37H37ClN2O8. The molecule has 0 fully saturated rings. The first-order valence-corrected chi connectivity index (χ1v) is 16.2. The molecule has 10 nitrogen and oxygen atoms in total. The lowest BCUT2D eigenvalue weighted by molar-refractivity contribution is -0.149. The fraction of sp³-hybridized carbons (Fsp3) is 0.270. The van der Waals surface area contributed by atoms with Crippen LogP contribution in [0.1, 0.15) is 44.7 Å². The van der Waals surface area contributed by atoms with Crippen molar-refractivity contribution >= 4 is 29.4 Å². The number of amides is 2. The molecule has 1 heterocycles. The molecule has 0 spiro atoms. The molecule has 1 aliphatic rings. The summed E-state index contributed by atoms with van der Waals surface area (Å²) in [6.45, 7) is 1.05. The fourth-order valence-corrected chi connectivity index (χ4v) is 5.01. The molecule has 0 aromatic heterocycles. The predicted octanol–water partition coefficient (Wildman–Crippen LogP) is 5.71. The summed E-state index contributed by atoms with van der Waals surface area (Å²) in [5, 5.41) is 5.87. The van der Waals surface area contributed by atoms with Gasteiger partial charge in [0, 0.05) is 24.2 Å². The molecule has 0 radical (unpaired) electrons. The van der Waals surface area contributed by atoms with Crippen molar-refractivity contribution in [2.24, 2.45) is 0 Å². The number of benzene rings is 4. The standard InChI is InChI=1S/C37H37ClN2O8/c38-21-35(41)48-28-24-46-31-15-5-1-11-26(31)22-44-33-17-7-3-13-29(33)36(42)39-19-9-10-20-40-37(43)30-14-4-8-18-34(30)45-23-27-12-2-6-16-32(27)47-25-28/h1-8,11-18,28H,9-10,19-25H2,(H,39,42)(H,40,43). The van der Waals surface area contributed by atoms with Gasteiger partial charge in [-0.25, -0.2) is 0 Å². The molecule has 1 aliphatic heterocycles. The fourth-order valence-electron chi connectivity index (χ4n) is 4.94. The number of carbonyl (C=O) groups excluding carboxylic acids is 3. The van der Waals surface area contributed by atoms with Crippen molar-refractivity contribution in [1.29, 1.82) is 0 Å². The van der Waals surface area contributed by atoms with Gasteiger partial charge in [0.1, 0.15) is 55.3 Å². The van der Waals surface area contributed by atoms with Gasteiger partial charge in [0.15, 0.2) is 6.10 Å². The van der Waals surface area contributed by atoms with E-state index in [0.29, 0.717) is 60.1 Å². The van der Waals surface area contributed by atoms with Crippen molar-refractivity contribution in [2.45, 2.75) is 32.2 Å². The molecule has 4 aromatic carbocycles. The van der Waals surface area contributed by atoms with E-state index in [2.05, 4.69) is 10.6 Å². The predicted molar refractivity (Wildman–Crippen MR) is 180 cm³/mol. The summed E-state index contributed by atoms with van der Waals surface area (Å²) in [5.41, 5.74) is 2.26. The quantitative estimate of drug-likeness (QED) is 0.205. The third kappa shape index (κ3) is 9.65. The second-order valence-electron chi connectivity index (χ2n) is 10.9. The van der Waals surface area contributed by atoms with E-state index >= 15 is 0 Å². The summed E-state index contributed by atoms with van der Waals surface area (Å²) < 4.78 is 30.0. The first-order valence-electron chi connectivity index (χ1n) is 15.7. The Balaban J connectivity index is 1.38. The lowest BCUT2D eigenvalue weighted by Gasteiger charge is -2.21. The minimum Gasteiger partial charge on any atom is -0.489 e. The maximum absolute atomic E-state index is 13.0. The maximum atomic E-state index is 13.0. The molecule has 0 unspecified atom stereocenters. The molecule has 250 valence electrons. The average molecular weight is 673 g/mol. The monoisotopic (exact) mass is 672 g/mol. The second kappa shape index (κ2) is 17.6. The Kier molecular flexibility index (Phi) is 12.5. The number of hydrogen-bond donors (Lipinski definition) is 2. The van der Waals surface area contributed by atoms with E-state index in [9.17, 15) is 14.4 Å². The van der Waals surface area contributed by atoms with Gasteiger partial charge in [-0.3, -0.25) is 14.4 Å². The molecule has 2 amide bonds. The van der Waals surface area contributed by atoms with Crippen LogP contribution in [0, 0.1) is 0 Å². The zero-order chi connectivity index (χ0) is 33.6. The van der Waals surface area contributed by atoms with Gasteiger partial charge in [0.2, 0.25) is 0 Å². The lowest BCUT2D eigenvalue weighted by atomic mass is 10.1. The van der Waals surface area contributed by atoms with Crippen molar-refractivity contribution < 1.29 is 38.1 Å². The summed E-state index contributed by atoms with van der Waals surface area (Å²) in [7, 11) is 0. The molecule has 11 heteroatoms. The number of hydrogen-bond acceptors (Lipinski definition) is 8. The number of para-hydroxylation sites is 4. The molecule has 4 aromatic rings. The summed E-state index contributed by atoms with van der Waals surface area (Å²) >= 11 is 5.75. The van der Waals surface area contributed by atoms with Crippen molar-refractivity contribution in [2.75, 3.05) is 32.2 Å². The van der Waals surface area contributed by atoms with Gasteiger partial charge in [-0.1, -0.05) is 60.7 Å². The second-order valence-corrected chi connectivity index (χ2v) is 11.1. The minimum atomic E-state index is -0.803. The number of ether oxygens (including phenoxy) is 5. The highest BCUT2D eigenvalue weighted by Crippen LogP contribution is 2.26. The van der Waals surface area contributed by atoms with Gasteiger partial charge < -0.3 is 34.3 Å². The molecule has 0 saturated heterocycles. The third-order valence-corrected chi connectivity index (χ3v) is 7.62. The summed E-state index contributed by atoms with van der Waals surface area (Å²) in [6.07, 6.45) is 0.522. The average Bonchev–Trinajstić information content (AvgIpc) is 3.12. The van der Waals surface area contributed by atoms with E-state index in [1.165, 1.54) is 0 Å². The maximum Gasteiger partial charge on any atom is 0.321 e. The lowest BCUT2D eigenvalue weighted by Crippen LogP contribution is -2.32. The summed E-state index contributed by atoms with van der Waals surface area (Å²) in [4.78, 5) is 38.3. The largest absolute Gasteiger partial charge is 0.489 e. The molecule has 0 aliphatic carbocycles. The highest BCUT2D eigenvalue weighted by atomic mass is 35.5. The van der Waals surface area contributed by atoms with E-state index in [4.69, 9.17) is 35.3 Å². The summed E-state index contributed by atoms with van der Waals surface area (Å²) in [6, 6.07) is 28.7. The van der Waals surface area contributed by atoms with E-state index in [-0.39, 0.29) is 44.1 Å². The van der Waals surface area contributed by atoms with E-state index in [0.717, 1.165) is 11.1 Å². The zero-order valence-corrected chi connectivity index (χ0v) is 27.1. The van der Waals surface area contributed by atoms with E-state index in [1.807, 2.05) is 36.4 Å². The Labute approximate surface area is 284 Å². The number of halogens is 1. The van der Waals surface area contributed by atoms with Crippen LogP contribution in [-0.2, 0) is 22.7 Å². The Bertz CT molecular complexity index is 1580. The normalized spacial score (nSPS) is 15.3. The smallest absolute Gasteiger partial charge is 0.321 e. The van der Waals surface area contributed by atoms with Crippen LogP contribution in [0.3, 0.4) is 0 Å². The van der Waals surface area contributed by atoms with Crippen molar-refractivity contribution in [3.8, 4) is 23.0 Å². The van der Waals surface area contributed by atoms with E-state index in [1.54, 1.807) is 60.7 Å². The molecule has 0 bridgehead atoms. The van der Waals surface area contributed by atoms with Crippen LogP contribution in [-0.4, -0.2) is 56.1 Å². The number of alkyl halides is 1. The Morgan fingerprint density at radius 3 is 1.50 bits per heavy atom. The molecule has 0 saturated carbocycles. The van der Waals surface area contributed by atoms with Gasteiger partial charge in [-0.2, -0.15) is 0 Å². The van der Waals surface area contributed by atoms with Gasteiger partial charge in [0.25, 0.3) is 11.8 Å². The topological polar surface area (TPSA) is 121 Å². The minimum absolute atomic E-state index is 0.0280. The van der Waals surface area contributed by atoms with E-state index < -0.39 is 12.1 Å². The Morgan fingerprint density at radius 1 is 0.625 bits per heavy atom. The SMILES string of the molecule is O=C(CCl)OC1COc2ccccc2COc2ccccc2C(=O)NCCCCNC(=O)c2ccccc2OCc2ccccc2OC1. The van der Waals surface area contributed by atoms with Gasteiger partial charge in [-0.15, -0.1) is 11.6 Å². The Morgan fingerprint density at radius 2 is 1.04 bits per heavy atom. The van der Waals surface area contributed by atoms with Crippen molar-refractivity contribution in [3.05, 3.63) is 119 Å². The van der Waals surface area contributed by atoms with Crippen LogP contribution in [0.5, 0.6) is 23.0 Å². The zero-order valence-electron chi connectivity index (χ0n) is 26.3. The van der Waals surface area contributed by atoms with Gasteiger partial charge in [-0.05, 0) is 49.2 Å². The number of fused-ring (bicyclic) bond motifs is 4. The number of rotatable bonds is 2. The first-order chi connectivity index (χ1) is 23.5. The van der Waals surface area contributed by atoms with Gasteiger partial charge in [0.05, 0.1) is 11.1 Å². The number of carbonyl (C=O) groups is 3. The van der Waals surface area contributed by atoms with Crippen LogP contribution >= 0.6 is 11.6 Å². The molecule has 5 rings (SSSR count). The first kappa shape index (κ1) is 34.1. The number of nitrogens with one attached hydrogen (secondary N) is 2. The highest BCUT2D eigenvalue weighted by molar-refractivity contribution is 6.26. The highest BCUT2D eigenvalue weighted by Gasteiger charge is 2.20. The van der Waals surface area contributed by atoms with Crippen LogP contribution in [0.15, 0.2) is 97.1 Å². The van der Waals surface area contributed by atoms with Crippen LogP contribution in [0.25, 0.3) is 0 Å². The molecule has 2 N–H and O–H groups in total. The van der Waals surface area contributed by atoms with Crippen molar-refractivity contribution in [3.63, 3.8) is 0 Å². The molecule has 0 atom stereocenters. The number of esters is 1. The summed E-state index contributed by atoms with van der Waals surface area (Å²) in [5.74, 6) is 0.414. The molecule has 48 heavy (non-hydrogen) atoms. The van der Waals surface area contributed by atoms with Gasteiger partial charge >= 0.3 is 5.97 Å². The third-order valence-electron chi connectivity index (χ3n) is 7.41. The van der Waals surface area contributed by atoms with Crippen molar-refractivity contribution in [1.82, 2.24) is 10.6 Å².